The van der Waals surface area contributed by atoms with E-state index in [9.17, 15) is 4.79 Å². The Morgan fingerprint density at radius 2 is 2.00 bits per heavy atom. The summed E-state index contributed by atoms with van der Waals surface area (Å²) in [6.07, 6.45) is 1.61. The molecule has 2 N–H and O–H groups in total. The standard InChI is InChI=1S/C19H20N4O2S/c1-14-12-16(25-13-15-6-3-2-4-7-15)18(26-14)19(24)21-11-10-20-17-8-5-9-22-23-17/h2-9,12H,10-11,13H2,1H3,(H,20,23)(H,21,24). The summed E-state index contributed by atoms with van der Waals surface area (Å²) in [5.74, 6) is 1.17. The zero-order valence-electron chi connectivity index (χ0n) is 14.4. The molecule has 2 aromatic heterocycles. The molecule has 0 radical (unpaired) electrons. The maximum absolute atomic E-state index is 12.5. The number of anilines is 1. The number of aromatic nitrogens is 2. The molecule has 134 valence electrons. The summed E-state index contributed by atoms with van der Waals surface area (Å²) in [6, 6.07) is 15.4. The van der Waals surface area contributed by atoms with Gasteiger partial charge in [-0.3, -0.25) is 4.79 Å². The van der Waals surface area contributed by atoms with Gasteiger partial charge in [-0.25, -0.2) is 0 Å². The third kappa shape index (κ3) is 5.03. The monoisotopic (exact) mass is 368 g/mol. The van der Waals surface area contributed by atoms with Crippen molar-refractivity contribution in [2.75, 3.05) is 18.4 Å². The van der Waals surface area contributed by atoms with Gasteiger partial charge in [0.1, 0.15) is 23.1 Å². The SMILES string of the molecule is Cc1cc(OCc2ccccc2)c(C(=O)NCCNc2cccnn2)s1. The summed E-state index contributed by atoms with van der Waals surface area (Å²) in [5.41, 5.74) is 1.07. The lowest BCUT2D eigenvalue weighted by molar-refractivity contribution is 0.0955. The molecule has 0 saturated heterocycles. The summed E-state index contributed by atoms with van der Waals surface area (Å²) < 4.78 is 5.86. The quantitative estimate of drug-likeness (QED) is 0.597. The van der Waals surface area contributed by atoms with Gasteiger partial charge >= 0.3 is 0 Å². The van der Waals surface area contributed by atoms with E-state index in [1.165, 1.54) is 11.3 Å². The van der Waals surface area contributed by atoms with Gasteiger partial charge in [-0.15, -0.1) is 16.4 Å². The number of ether oxygens (including phenoxy) is 1. The van der Waals surface area contributed by atoms with Crippen molar-refractivity contribution >= 4 is 23.1 Å². The van der Waals surface area contributed by atoms with Gasteiger partial charge in [0.05, 0.1) is 0 Å². The van der Waals surface area contributed by atoms with Gasteiger partial charge < -0.3 is 15.4 Å². The minimum atomic E-state index is -0.132. The number of amides is 1. The molecule has 26 heavy (non-hydrogen) atoms. The van der Waals surface area contributed by atoms with Crippen LogP contribution in [-0.4, -0.2) is 29.2 Å². The third-order valence-electron chi connectivity index (χ3n) is 3.55. The number of hydrogen-bond acceptors (Lipinski definition) is 6. The van der Waals surface area contributed by atoms with Gasteiger partial charge in [0.2, 0.25) is 0 Å². The third-order valence-corrected chi connectivity index (χ3v) is 4.58. The Bertz CT molecular complexity index is 837. The average molecular weight is 368 g/mol. The van der Waals surface area contributed by atoms with E-state index in [1.54, 1.807) is 12.3 Å². The Labute approximate surface area is 156 Å². The smallest absolute Gasteiger partial charge is 0.265 e. The van der Waals surface area contributed by atoms with Crippen molar-refractivity contribution < 1.29 is 9.53 Å². The molecule has 0 spiro atoms. The molecular formula is C19H20N4O2S. The van der Waals surface area contributed by atoms with Crippen molar-refractivity contribution in [1.29, 1.82) is 0 Å². The number of aryl methyl sites for hydroxylation is 1. The number of carbonyl (C=O) groups is 1. The zero-order valence-corrected chi connectivity index (χ0v) is 15.3. The van der Waals surface area contributed by atoms with Crippen LogP contribution in [0.3, 0.4) is 0 Å². The number of carbonyl (C=O) groups excluding carboxylic acids is 1. The Morgan fingerprint density at radius 1 is 1.15 bits per heavy atom. The normalized spacial score (nSPS) is 10.3. The summed E-state index contributed by atoms with van der Waals surface area (Å²) in [4.78, 5) is 14.1. The molecule has 0 aliphatic heterocycles. The molecule has 1 aromatic carbocycles. The molecule has 0 aliphatic rings. The van der Waals surface area contributed by atoms with Crippen LogP contribution < -0.4 is 15.4 Å². The van der Waals surface area contributed by atoms with Crippen LogP contribution in [0.25, 0.3) is 0 Å². The molecule has 0 atom stereocenters. The molecule has 3 rings (SSSR count). The number of rotatable bonds is 8. The van der Waals surface area contributed by atoms with Crippen LogP contribution in [0.2, 0.25) is 0 Å². The van der Waals surface area contributed by atoms with E-state index < -0.39 is 0 Å². The number of nitrogens with one attached hydrogen (secondary N) is 2. The van der Waals surface area contributed by atoms with E-state index in [0.29, 0.717) is 36.1 Å². The second-order valence-corrected chi connectivity index (χ2v) is 6.87. The fourth-order valence-electron chi connectivity index (χ4n) is 2.33. The van der Waals surface area contributed by atoms with Crippen LogP contribution in [0.15, 0.2) is 54.7 Å². The summed E-state index contributed by atoms with van der Waals surface area (Å²) in [6.45, 7) is 3.44. The molecule has 6 nitrogen and oxygen atoms in total. The molecule has 3 aromatic rings. The van der Waals surface area contributed by atoms with Crippen LogP contribution >= 0.6 is 11.3 Å². The predicted molar refractivity (Wildman–Crippen MR) is 103 cm³/mol. The maximum Gasteiger partial charge on any atom is 0.265 e. The molecule has 7 heteroatoms. The van der Waals surface area contributed by atoms with E-state index in [-0.39, 0.29) is 5.91 Å². The van der Waals surface area contributed by atoms with Gasteiger partial charge in [-0.2, -0.15) is 5.10 Å². The van der Waals surface area contributed by atoms with Gasteiger partial charge in [0, 0.05) is 24.2 Å². The predicted octanol–water partition coefficient (Wildman–Crippen LogP) is 3.27. The van der Waals surface area contributed by atoms with Crippen molar-refractivity contribution in [1.82, 2.24) is 15.5 Å². The number of hydrogen-bond donors (Lipinski definition) is 2. The Kier molecular flexibility index (Phi) is 6.16. The molecule has 0 fully saturated rings. The largest absolute Gasteiger partial charge is 0.487 e. The fraction of sp³-hybridized carbons (Fsp3) is 0.211. The molecule has 2 heterocycles. The van der Waals surface area contributed by atoms with E-state index in [2.05, 4.69) is 20.8 Å². The molecular weight excluding hydrogens is 348 g/mol. The van der Waals surface area contributed by atoms with Crippen LogP contribution in [0.1, 0.15) is 20.1 Å². The summed E-state index contributed by atoms with van der Waals surface area (Å²) in [5, 5.41) is 13.7. The Morgan fingerprint density at radius 3 is 2.77 bits per heavy atom. The number of nitrogens with zero attached hydrogens (tertiary/aromatic N) is 2. The zero-order chi connectivity index (χ0) is 18.2. The van der Waals surface area contributed by atoms with Gasteiger partial charge in [-0.1, -0.05) is 30.3 Å². The molecule has 1 amide bonds. The van der Waals surface area contributed by atoms with E-state index in [4.69, 9.17) is 4.74 Å². The second-order valence-electron chi connectivity index (χ2n) is 5.62. The first-order valence-corrected chi connectivity index (χ1v) is 9.11. The van der Waals surface area contributed by atoms with Gasteiger partial charge in [0.25, 0.3) is 5.91 Å². The lowest BCUT2D eigenvalue weighted by Gasteiger charge is -2.09. The Balaban J connectivity index is 1.52. The lowest BCUT2D eigenvalue weighted by atomic mass is 10.2. The Hall–Kier alpha value is -2.93. The molecule has 0 aliphatic carbocycles. The molecule has 0 bridgehead atoms. The first-order chi connectivity index (χ1) is 12.7. The van der Waals surface area contributed by atoms with E-state index in [0.717, 1.165) is 10.4 Å². The van der Waals surface area contributed by atoms with Crippen LogP contribution in [0.4, 0.5) is 5.82 Å². The van der Waals surface area contributed by atoms with E-state index in [1.807, 2.05) is 49.4 Å². The van der Waals surface area contributed by atoms with Gasteiger partial charge in [0.15, 0.2) is 0 Å². The van der Waals surface area contributed by atoms with Gasteiger partial charge in [-0.05, 0) is 30.7 Å². The van der Waals surface area contributed by atoms with Crippen LogP contribution in [-0.2, 0) is 6.61 Å². The fourth-order valence-corrected chi connectivity index (χ4v) is 3.21. The highest BCUT2D eigenvalue weighted by molar-refractivity contribution is 7.14. The van der Waals surface area contributed by atoms with Crippen LogP contribution in [0.5, 0.6) is 5.75 Å². The molecule has 0 unspecified atom stereocenters. The van der Waals surface area contributed by atoms with Crippen molar-refractivity contribution in [3.63, 3.8) is 0 Å². The number of thiophene rings is 1. The maximum atomic E-state index is 12.5. The minimum Gasteiger partial charge on any atom is -0.487 e. The second kappa shape index (κ2) is 8.96. The van der Waals surface area contributed by atoms with Crippen molar-refractivity contribution in [2.45, 2.75) is 13.5 Å². The average Bonchev–Trinajstić information content (AvgIpc) is 3.06. The van der Waals surface area contributed by atoms with E-state index >= 15 is 0 Å². The first kappa shape index (κ1) is 17.9. The lowest BCUT2D eigenvalue weighted by Crippen LogP contribution is -2.28. The van der Waals surface area contributed by atoms with Crippen molar-refractivity contribution in [2.24, 2.45) is 0 Å². The van der Waals surface area contributed by atoms with Crippen molar-refractivity contribution in [3.8, 4) is 5.75 Å². The van der Waals surface area contributed by atoms with Crippen molar-refractivity contribution in [3.05, 3.63) is 70.0 Å². The first-order valence-electron chi connectivity index (χ1n) is 8.29. The minimum absolute atomic E-state index is 0.132. The molecule has 0 saturated carbocycles. The topological polar surface area (TPSA) is 76.1 Å². The summed E-state index contributed by atoms with van der Waals surface area (Å²) in [7, 11) is 0. The highest BCUT2D eigenvalue weighted by Crippen LogP contribution is 2.29. The highest BCUT2D eigenvalue weighted by atomic mass is 32.1. The summed E-state index contributed by atoms with van der Waals surface area (Å²) >= 11 is 1.43. The number of benzene rings is 1. The van der Waals surface area contributed by atoms with Crippen LogP contribution in [0, 0.1) is 6.92 Å². The highest BCUT2D eigenvalue weighted by Gasteiger charge is 2.16.